The van der Waals surface area contributed by atoms with Crippen molar-refractivity contribution in [1.82, 2.24) is 31.2 Å². The van der Waals surface area contributed by atoms with Crippen LogP contribution >= 0.6 is 0 Å². The molecule has 0 bridgehead atoms. The van der Waals surface area contributed by atoms with E-state index in [1.54, 1.807) is 27.0 Å². The lowest BCUT2D eigenvalue weighted by Crippen LogP contribution is -2.53. The Morgan fingerprint density at radius 1 is 0.590 bits per heavy atom. The maximum absolute atomic E-state index is 14.0. The predicted octanol–water partition coefficient (Wildman–Crippen LogP) is 7.90. The van der Waals surface area contributed by atoms with Crippen LogP contribution in [0.2, 0.25) is 0 Å². The van der Waals surface area contributed by atoms with Crippen molar-refractivity contribution in [3.05, 3.63) is 18.2 Å². The monoisotopic (exact) mass is 857 g/mol. The highest BCUT2D eigenvalue weighted by atomic mass is 16.2. The molecule has 13 heteroatoms. The van der Waals surface area contributed by atoms with E-state index in [1.807, 2.05) is 41.5 Å². The van der Waals surface area contributed by atoms with Crippen molar-refractivity contribution in [1.29, 1.82) is 0 Å². The smallest absolute Gasteiger partial charge is 0.242 e. The van der Waals surface area contributed by atoms with Gasteiger partial charge >= 0.3 is 0 Å². The molecule has 4 amide bonds. The number of ketones is 3. The Bertz CT molecular complexity index is 1460. The van der Waals surface area contributed by atoms with Gasteiger partial charge in [-0.25, -0.2) is 4.98 Å². The third kappa shape index (κ3) is 22.1. The Kier molecular flexibility index (Phi) is 28.0. The largest absolute Gasteiger partial charge is 0.348 e. The first kappa shape index (κ1) is 55.1. The number of hydrogen-bond donors (Lipinski definition) is 5. The molecule has 0 aliphatic rings. The number of carbonyl (C=O) groups excluding carboxylic acids is 7. The van der Waals surface area contributed by atoms with E-state index in [0.29, 0.717) is 18.5 Å². The topological polar surface area (TPSA) is 196 Å². The van der Waals surface area contributed by atoms with Crippen LogP contribution in [0, 0.1) is 29.6 Å². The van der Waals surface area contributed by atoms with E-state index in [4.69, 9.17) is 0 Å². The molecule has 61 heavy (non-hydrogen) atoms. The lowest BCUT2D eigenvalue weighted by molar-refractivity contribution is -0.136. The van der Waals surface area contributed by atoms with Gasteiger partial charge in [-0.15, -0.1) is 0 Å². The maximum Gasteiger partial charge on any atom is 0.242 e. The van der Waals surface area contributed by atoms with Crippen LogP contribution in [0.1, 0.15) is 191 Å². The van der Waals surface area contributed by atoms with Crippen LogP contribution in [0.25, 0.3) is 0 Å². The minimum atomic E-state index is -1.02. The average molecular weight is 857 g/mol. The number of imidazole rings is 1. The molecule has 0 aromatic carbocycles. The number of rotatable bonds is 35. The van der Waals surface area contributed by atoms with E-state index in [-0.39, 0.29) is 66.7 Å². The molecule has 1 heterocycles. The van der Waals surface area contributed by atoms with Crippen molar-refractivity contribution in [3.63, 3.8) is 0 Å². The second kappa shape index (κ2) is 31.0. The molecular formula is C48H84N6O7. The van der Waals surface area contributed by atoms with Gasteiger partial charge in [0.15, 0.2) is 17.3 Å². The number of aromatic nitrogens is 2. The highest BCUT2D eigenvalue weighted by Gasteiger charge is 2.35. The van der Waals surface area contributed by atoms with E-state index in [9.17, 15) is 33.6 Å². The molecule has 0 unspecified atom stereocenters. The van der Waals surface area contributed by atoms with Crippen molar-refractivity contribution in [2.45, 2.75) is 215 Å². The SMILES string of the molecule is CCCCCCCCCCCCCCCC(=O)N[C@@H](C)C(=O)N[C@H](C(=O)C[C@H](C(=O)N[C@@H](Cc1cnc[nH]1)C(=O)C[C@@H](C)C(=O)N[C@H](C(=O)CC)C(C)C)C(C)C)[C@@H](C)CC. The Labute approximate surface area is 368 Å². The summed E-state index contributed by atoms with van der Waals surface area (Å²) in [5, 5.41) is 11.3. The molecule has 0 saturated heterocycles. The number of unbranched alkanes of at least 4 members (excludes halogenated alkanes) is 12. The number of Topliss-reactive ketones (excluding diaryl/α,β-unsaturated/α-hetero) is 3. The quantitative estimate of drug-likeness (QED) is 0.0425. The van der Waals surface area contributed by atoms with Crippen molar-refractivity contribution in [2.24, 2.45) is 29.6 Å². The molecule has 1 rings (SSSR count). The third-order valence-corrected chi connectivity index (χ3v) is 12.0. The lowest BCUT2D eigenvalue weighted by Gasteiger charge is -2.29. The van der Waals surface area contributed by atoms with Gasteiger partial charge < -0.3 is 26.3 Å². The summed E-state index contributed by atoms with van der Waals surface area (Å²) in [5.74, 6) is -4.62. The van der Waals surface area contributed by atoms with Gasteiger partial charge in [0.1, 0.15) is 6.04 Å². The Morgan fingerprint density at radius 2 is 1.15 bits per heavy atom. The molecular weight excluding hydrogens is 773 g/mol. The van der Waals surface area contributed by atoms with Gasteiger partial charge in [-0.2, -0.15) is 0 Å². The van der Waals surface area contributed by atoms with Gasteiger partial charge in [0.2, 0.25) is 23.6 Å². The standard InChI is InChI=1S/C48H84N6O7/c1-11-14-15-16-17-18-19-20-21-22-23-24-25-26-43(58)51-36(10)47(60)54-45(34(8)12-2)42(57)29-38(32(4)5)48(61)52-39(28-37-30-49-31-50-37)41(56)27-35(9)46(59)53-44(33(6)7)40(55)13-3/h30-36,38-39,44-45H,11-29H2,1-10H3,(H,49,50)(H,51,58)(H,52,61)(H,53,59)(H,54,60)/t34-,35+,36-,38-,39-,44-,45-/m0/s1. The zero-order valence-corrected chi connectivity index (χ0v) is 39.6. The highest BCUT2D eigenvalue weighted by molar-refractivity contribution is 5.97. The van der Waals surface area contributed by atoms with Crippen LogP contribution in [0.4, 0.5) is 0 Å². The molecule has 0 spiro atoms. The van der Waals surface area contributed by atoms with Gasteiger partial charge in [-0.1, -0.05) is 146 Å². The molecule has 7 atom stereocenters. The summed E-state index contributed by atoms with van der Waals surface area (Å²) in [4.78, 5) is 100. The van der Waals surface area contributed by atoms with Crippen molar-refractivity contribution in [3.8, 4) is 0 Å². The third-order valence-electron chi connectivity index (χ3n) is 12.0. The van der Waals surface area contributed by atoms with Crippen LogP contribution < -0.4 is 21.3 Å². The first-order valence-electron chi connectivity index (χ1n) is 23.7. The molecule has 0 aliphatic carbocycles. The van der Waals surface area contributed by atoms with E-state index in [2.05, 4.69) is 38.2 Å². The van der Waals surface area contributed by atoms with Crippen LogP contribution in [-0.2, 0) is 40.0 Å². The minimum absolute atomic E-state index is 0.0904. The summed E-state index contributed by atoms with van der Waals surface area (Å²) >= 11 is 0. The van der Waals surface area contributed by atoms with Crippen LogP contribution in [-0.4, -0.2) is 75.1 Å². The summed E-state index contributed by atoms with van der Waals surface area (Å²) in [6.07, 6.45) is 19.7. The number of nitrogens with one attached hydrogen (secondary N) is 5. The molecule has 0 saturated carbocycles. The first-order chi connectivity index (χ1) is 29.0. The molecule has 1 aromatic heterocycles. The van der Waals surface area contributed by atoms with Gasteiger partial charge in [-0.05, 0) is 31.1 Å². The van der Waals surface area contributed by atoms with Crippen LogP contribution in [0.15, 0.2) is 12.5 Å². The fourth-order valence-electron chi connectivity index (χ4n) is 7.52. The predicted molar refractivity (Wildman–Crippen MR) is 242 cm³/mol. The van der Waals surface area contributed by atoms with Crippen LogP contribution in [0.3, 0.4) is 0 Å². The highest BCUT2D eigenvalue weighted by Crippen LogP contribution is 2.22. The second-order valence-corrected chi connectivity index (χ2v) is 18.1. The lowest BCUT2D eigenvalue weighted by atomic mass is 9.84. The Hall–Kier alpha value is -3.90. The average Bonchev–Trinajstić information content (AvgIpc) is 3.74. The normalized spacial score (nSPS) is 15.0. The molecule has 13 nitrogen and oxygen atoms in total. The zero-order valence-electron chi connectivity index (χ0n) is 39.6. The maximum atomic E-state index is 14.0. The zero-order chi connectivity index (χ0) is 45.9. The fraction of sp³-hybridized carbons (Fsp3) is 0.792. The minimum Gasteiger partial charge on any atom is -0.348 e. The summed E-state index contributed by atoms with van der Waals surface area (Å²) in [7, 11) is 0. The molecule has 0 aliphatic heterocycles. The van der Waals surface area contributed by atoms with Gasteiger partial charge in [-0.3, -0.25) is 33.6 Å². The number of amides is 4. The number of nitrogens with zero attached hydrogens (tertiary/aromatic N) is 1. The molecule has 1 aromatic rings. The molecule has 5 N–H and O–H groups in total. The first-order valence-corrected chi connectivity index (χ1v) is 23.7. The van der Waals surface area contributed by atoms with E-state index in [1.165, 1.54) is 70.5 Å². The number of carbonyl (C=O) groups is 7. The van der Waals surface area contributed by atoms with E-state index >= 15 is 0 Å². The summed E-state index contributed by atoms with van der Waals surface area (Å²) in [6.45, 7) is 18.3. The summed E-state index contributed by atoms with van der Waals surface area (Å²) in [6, 6.07) is -3.42. The molecule has 0 fully saturated rings. The Balaban J connectivity index is 2.83. The van der Waals surface area contributed by atoms with Gasteiger partial charge in [0.05, 0.1) is 24.5 Å². The van der Waals surface area contributed by atoms with E-state index < -0.39 is 53.7 Å². The number of aromatic amines is 1. The summed E-state index contributed by atoms with van der Waals surface area (Å²) in [5.41, 5.74) is 0.603. The van der Waals surface area contributed by atoms with E-state index in [0.717, 1.165) is 19.3 Å². The van der Waals surface area contributed by atoms with Crippen molar-refractivity contribution >= 4 is 41.0 Å². The fourth-order valence-corrected chi connectivity index (χ4v) is 7.52. The van der Waals surface area contributed by atoms with Crippen molar-refractivity contribution in [2.75, 3.05) is 0 Å². The summed E-state index contributed by atoms with van der Waals surface area (Å²) < 4.78 is 0. The van der Waals surface area contributed by atoms with Crippen molar-refractivity contribution < 1.29 is 33.6 Å². The Morgan fingerprint density at radius 3 is 1.64 bits per heavy atom. The second-order valence-electron chi connectivity index (χ2n) is 18.1. The number of H-pyrrole nitrogens is 1. The van der Waals surface area contributed by atoms with Crippen LogP contribution in [0.5, 0.6) is 0 Å². The molecule has 348 valence electrons. The van der Waals surface area contributed by atoms with Gasteiger partial charge in [0, 0.05) is 55.8 Å². The molecule has 0 radical (unpaired) electrons. The van der Waals surface area contributed by atoms with Gasteiger partial charge in [0.25, 0.3) is 0 Å². The number of hydrogen-bond acceptors (Lipinski definition) is 8.